The first-order chi connectivity index (χ1) is 7.97. The zero-order valence-electron chi connectivity index (χ0n) is 10.5. The van der Waals surface area contributed by atoms with Crippen LogP contribution in [0.25, 0.3) is 0 Å². The lowest BCUT2D eigenvalue weighted by atomic mass is 9.94. The third kappa shape index (κ3) is 3.43. The standard InChI is InChI=1S/C12H22N2O3/c1-7(12(16)17)8(2)14-11(15)10-5-3-4-9(10)6-13/h7-10H,3-6,13H2,1-2H3,(H,14,15)(H,16,17). The highest BCUT2D eigenvalue weighted by molar-refractivity contribution is 5.80. The molecule has 1 amide bonds. The van der Waals surface area contributed by atoms with Gasteiger partial charge in [0.25, 0.3) is 0 Å². The van der Waals surface area contributed by atoms with Crippen LogP contribution in [0.3, 0.4) is 0 Å². The van der Waals surface area contributed by atoms with E-state index in [1.807, 2.05) is 0 Å². The third-order valence-corrected chi connectivity index (χ3v) is 3.81. The number of aliphatic carboxylic acids is 1. The minimum atomic E-state index is -0.889. The molecule has 0 saturated heterocycles. The number of carbonyl (C=O) groups is 2. The molecule has 17 heavy (non-hydrogen) atoms. The van der Waals surface area contributed by atoms with Gasteiger partial charge in [0.05, 0.1) is 5.92 Å². The monoisotopic (exact) mass is 242 g/mol. The van der Waals surface area contributed by atoms with E-state index in [1.54, 1.807) is 13.8 Å². The zero-order chi connectivity index (χ0) is 13.0. The fourth-order valence-corrected chi connectivity index (χ4v) is 2.33. The molecule has 0 aliphatic heterocycles. The van der Waals surface area contributed by atoms with Crippen LogP contribution in [0, 0.1) is 17.8 Å². The summed E-state index contributed by atoms with van der Waals surface area (Å²) in [6, 6.07) is -0.348. The van der Waals surface area contributed by atoms with E-state index < -0.39 is 11.9 Å². The molecule has 0 radical (unpaired) electrons. The van der Waals surface area contributed by atoms with Crippen LogP contribution in [-0.2, 0) is 9.59 Å². The summed E-state index contributed by atoms with van der Waals surface area (Å²) >= 11 is 0. The van der Waals surface area contributed by atoms with Crippen molar-refractivity contribution in [3.05, 3.63) is 0 Å². The molecule has 0 spiro atoms. The van der Waals surface area contributed by atoms with E-state index >= 15 is 0 Å². The molecular formula is C12H22N2O3. The van der Waals surface area contributed by atoms with E-state index in [4.69, 9.17) is 10.8 Å². The predicted octanol–water partition coefficient (Wildman–Crippen LogP) is 0.587. The van der Waals surface area contributed by atoms with Crippen LogP contribution < -0.4 is 11.1 Å². The van der Waals surface area contributed by atoms with E-state index in [-0.39, 0.29) is 23.8 Å². The van der Waals surface area contributed by atoms with Crippen molar-refractivity contribution in [2.75, 3.05) is 6.54 Å². The summed E-state index contributed by atoms with van der Waals surface area (Å²) in [7, 11) is 0. The lowest BCUT2D eigenvalue weighted by Crippen LogP contribution is -2.44. The van der Waals surface area contributed by atoms with Crippen molar-refractivity contribution in [1.29, 1.82) is 0 Å². The molecule has 4 unspecified atom stereocenters. The summed E-state index contributed by atoms with van der Waals surface area (Å²) in [4.78, 5) is 22.8. The molecule has 1 saturated carbocycles. The molecule has 1 aliphatic rings. The first-order valence-electron chi connectivity index (χ1n) is 6.20. The zero-order valence-corrected chi connectivity index (χ0v) is 10.5. The largest absolute Gasteiger partial charge is 0.481 e. The average Bonchev–Trinajstić information content (AvgIpc) is 2.75. The van der Waals surface area contributed by atoms with E-state index in [9.17, 15) is 9.59 Å². The van der Waals surface area contributed by atoms with Crippen molar-refractivity contribution in [2.45, 2.75) is 39.2 Å². The summed E-state index contributed by atoms with van der Waals surface area (Å²) in [6.45, 7) is 3.85. The Hall–Kier alpha value is -1.10. The molecule has 0 aromatic carbocycles. The number of hydrogen-bond acceptors (Lipinski definition) is 3. The number of nitrogens with one attached hydrogen (secondary N) is 1. The Morgan fingerprint density at radius 1 is 1.41 bits per heavy atom. The van der Waals surface area contributed by atoms with Crippen molar-refractivity contribution < 1.29 is 14.7 Å². The number of hydrogen-bond donors (Lipinski definition) is 3. The molecule has 4 N–H and O–H groups in total. The second-order valence-corrected chi connectivity index (χ2v) is 4.96. The van der Waals surface area contributed by atoms with Gasteiger partial charge in [0, 0.05) is 12.0 Å². The maximum absolute atomic E-state index is 12.0. The molecule has 5 heteroatoms. The highest BCUT2D eigenvalue weighted by Crippen LogP contribution is 2.31. The summed E-state index contributed by atoms with van der Waals surface area (Å²) in [6.07, 6.45) is 2.89. The quantitative estimate of drug-likeness (QED) is 0.657. The molecule has 1 rings (SSSR count). The highest BCUT2D eigenvalue weighted by Gasteiger charge is 2.33. The van der Waals surface area contributed by atoms with Crippen LogP contribution in [0.5, 0.6) is 0 Å². The van der Waals surface area contributed by atoms with Gasteiger partial charge in [-0.15, -0.1) is 0 Å². The predicted molar refractivity (Wildman–Crippen MR) is 64.3 cm³/mol. The van der Waals surface area contributed by atoms with Crippen molar-refractivity contribution in [3.8, 4) is 0 Å². The van der Waals surface area contributed by atoms with Crippen molar-refractivity contribution in [3.63, 3.8) is 0 Å². The van der Waals surface area contributed by atoms with E-state index in [1.165, 1.54) is 0 Å². The van der Waals surface area contributed by atoms with Crippen LogP contribution in [0.4, 0.5) is 0 Å². The molecule has 0 bridgehead atoms. The van der Waals surface area contributed by atoms with Crippen LogP contribution in [0.2, 0.25) is 0 Å². The first kappa shape index (κ1) is 14.0. The molecule has 4 atom stereocenters. The Labute approximate surface area is 102 Å². The maximum Gasteiger partial charge on any atom is 0.308 e. The van der Waals surface area contributed by atoms with Gasteiger partial charge in [-0.3, -0.25) is 9.59 Å². The molecule has 0 heterocycles. The molecule has 98 valence electrons. The van der Waals surface area contributed by atoms with Crippen molar-refractivity contribution >= 4 is 11.9 Å². The lowest BCUT2D eigenvalue weighted by Gasteiger charge is -2.22. The third-order valence-electron chi connectivity index (χ3n) is 3.81. The van der Waals surface area contributed by atoms with Gasteiger partial charge in [0.2, 0.25) is 5.91 Å². The van der Waals surface area contributed by atoms with E-state index in [2.05, 4.69) is 5.32 Å². The molecule has 0 aromatic heterocycles. The van der Waals surface area contributed by atoms with E-state index in [0.717, 1.165) is 19.3 Å². The van der Waals surface area contributed by atoms with Crippen molar-refractivity contribution in [2.24, 2.45) is 23.5 Å². The van der Waals surface area contributed by atoms with Gasteiger partial charge in [0.15, 0.2) is 0 Å². The van der Waals surface area contributed by atoms with Crippen LogP contribution in [0.1, 0.15) is 33.1 Å². The Kier molecular flexibility index (Phi) is 4.93. The normalized spacial score (nSPS) is 27.5. The fourth-order valence-electron chi connectivity index (χ4n) is 2.33. The second-order valence-electron chi connectivity index (χ2n) is 4.96. The minimum absolute atomic E-state index is 0.0385. The SMILES string of the molecule is CC(NC(=O)C1CCCC1CN)C(C)C(=O)O. The first-order valence-corrected chi connectivity index (χ1v) is 6.20. The van der Waals surface area contributed by atoms with Gasteiger partial charge in [-0.1, -0.05) is 6.42 Å². The number of rotatable bonds is 5. The number of carboxylic acids is 1. The second kappa shape index (κ2) is 6.00. The molecule has 1 fully saturated rings. The maximum atomic E-state index is 12.0. The van der Waals surface area contributed by atoms with Gasteiger partial charge in [-0.05, 0) is 39.2 Å². The van der Waals surface area contributed by atoms with Crippen LogP contribution >= 0.6 is 0 Å². The molecular weight excluding hydrogens is 220 g/mol. The molecule has 1 aliphatic carbocycles. The number of nitrogens with two attached hydrogens (primary N) is 1. The molecule has 0 aromatic rings. The van der Waals surface area contributed by atoms with Gasteiger partial charge < -0.3 is 16.2 Å². The van der Waals surface area contributed by atoms with E-state index in [0.29, 0.717) is 6.54 Å². The summed E-state index contributed by atoms with van der Waals surface area (Å²) in [5.41, 5.74) is 5.63. The number of carboxylic acid groups (broad SMARTS) is 1. The van der Waals surface area contributed by atoms with Gasteiger partial charge in [-0.25, -0.2) is 0 Å². The van der Waals surface area contributed by atoms with Crippen molar-refractivity contribution in [1.82, 2.24) is 5.32 Å². The smallest absolute Gasteiger partial charge is 0.308 e. The Morgan fingerprint density at radius 3 is 2.59 bits per heavy atom. The average molecular weight is 242 g/mol. The topological polar surface area (TPSA) is 92.4 Å². The Morgan fingerprint density at radius 2 is 2.06 bits per heavy atom. The van der Waals surface area contributed by atoms with Crippen LogP contribution in [0.15, 0.2) is 0 Å². The summed E-state index contributed by atoms with van der Waals surface area (Å²) in [5.74, 6) is -1.29. The number of amides is 1. The number of carbonyl (C=O) groups excluding carboxylic acids is 1. The van der Waals surface area contributed by atoms with Crippen LogP contribution in [-0.4, -0.2) is 29.6 Å². The minimum Gasteiger partial charge on any atom is -0.481 e. The van der Waals surface area contributed by atoms with Gasteiger partial charge in [0.1, 0.15) is 0 Å². The Bertz CT molecular complexity index is 293. The summed E-state index contributed by atoms with van der Waals surface area (Å²) < 4.78 is 0. The summed E-state index contributed by atoms with van der Waals surface area (Å²) in [5, 5.41) is 11.6. The fraction of sp³-hybridized carbons (Fsp3) is 0.833. The van der Waals surface area contributed by atoms with Gasteiger partial charge in [-0.2, -0.15) is 0 Å². The highest BCUT2D eigenvalue weighted by atomic mass is 16.4. The Balaban J connectivity index is 2.51. The molecule has 5 nitrogen and oxygen atoms in total. The van der Waals surface area contributed by atoms with Gasteiger partial charge >= 0.3 is 5.97 Å². The lowest BCUT2D eigenvalue weighted by molar-refractivity contribution is -0.142.